The Kier molecular flexibility index (Phi) is 6.24. The van der Waals surface area contributed by atoms with Crippen molar-refractivity contribution in [3.05, 3.63) is 33.8 Å². The molecule has 0 saturated carbocycles. The van der Waals surface area contributed by atoms with E-state index in [9.17, 15) is 4.79 Å². The molecule has 0 N–H and O–H groups in total. The van der Waals surface area contributed by atoms with Gasteiger partial charge in [-0.15, -0.1) is 0 Å². The van der Waals surface area contributed by atoms with Crippen molar-refractivity contribution >= 4 is 21.9 Å². The van der Waals surface area contributed by atoms with Crippen molar-refractivity contribution in [3.8, 4) is 0 Å². The van der Waals surface area contributed by atoms with E-state index >= 15 is 0 Å². The van der Waals surface area contributed by atoms with Gasteiger partial charge in [0.05, 0.1) is 13.0 Å². The number of hydrogen-bond donors (Lipinski definition) is 0. The van der Waals surface area contributed by atoms with E-state index in [0.29, 0.717) is 13.0 Å². The van der Waals surface area contributed by atoms with Gasteiger partial charge in [0.15, 0.2) is 0 Å². The summed E-state index contributed by atoms with van der Waals surface area (Å²) in [6.45, 7) is 6.53. The van der Waals surface area contributed by atoms with Gasteiger partial charge in [0, 0.05) is 10.5 Å². The standard InChI is InChI=1S/C17H24BrNO2/c1-3-21-17(20)12-16(19-9-5-4-6-10-19)14-7-8-15(18)13(2)11-14/h7-8,11,16H,3-6,9-10,12H2,1-2H3. The zero-order chi connectivity index (χ0) is 15.2. The van der Waals surface area contributed by atoms with Crippen LogP contribution < -0.4 is 0 Å². The third-order valence-electron chi connectivity index (χ3n) is 4.06. The molecule has 0 aliphatic carbocycles. The Balaban J connectivity index is 2.20. The van der Waals surface area contributed by atoms with E-state index in [4.69, 9.17) is 4.74 Å². The van der Waals surface area contributed by atoms with Crippen molar-refractivity contribution in [2.45, 2.75) is 45.6 Å². The Morgan fingerprint density at radius 2 is 2.05 bits per heavy atom. The largest absolute Gasteiger partial charge is 0.466 e. The molecule has 0 amide bonds. The second-order valence-corrected chi connectivity index (χ2v) is 6.48. The van der Waals surface area contributed by atoms with E-state index in [1.807, 2.05) is 6.92 Å². The number of carbonyl (C=O) groups is 1. The first kappa shape index (κ1) is 16.5. The highest BCUT2D eigenvalue weighted by Crippen LogP contribution is 2.30. The van der Waals surface area contributed by atoms with Gasteiger partial charge in [0.2, 0.25) is 0 Å². The van der Waals surface area contributed by atoms with Crippen molar-refractivity contribution in [2.75, 3.05) is 19.7 Å². The van der Waals surface area contributed by atoms with Gasteiger partial charge in [-0.05, 0) is 57.0 Å². The number of likely N-dealkylation sites (tertiary alicyclic amines) is 1. The van der Waals surface area contributed by atoms with E-state index in [-0.39, 0.29) is 12.0 Å². The summed E-state index contributed by atoms with van der Waals surface area (Å²) in [6, 6.07) is 6.52. The van der Waals surface area contributed by atoms with Crippen molar-refractivity contribution in [1.29, 1.82) is 0 Å². The fraction of sp³-hybridized carbons (Fsp3) is 0.588. The molecule has 0 spiro atoms. The molecule has 4 heteroatoms. The number of halogens is 1. The van der Waals surface area contributed by atoms with Crippen molar-refractivity contribution in [3.63, 3.8) is 0 Å². The Morgan fingerprint density at radius 1 is 1.33 bits per heavy atom. The highest BCUT2D eigenvalue weighted by molar-refractivity contribution is 9.10. The van der Waals surface area contributed by atoms with Crippen LogP contribution >= 0.6 is 15.9 Å². The first-order valence-corrected chi connectivity index (χ1v) is 8.57. The number of benzene rings is 1. The summed E-state index contributed by atoms with van der Waals surface area (Å²) >= 11 is 3.54. The predicted octanol–water partition coefficient (Wildman–Crippen LogP) is 4.24. The Labute approximate surface area is 135 Å². The number of esters is 1. The molecule has 3 nitrogen and oxygen atoms in total. The second kappa shape index (κ2) is 7.95. The summed E-state index contributed by atoms with van der Waals surface area (Å²) in [5, 5.41) is 0. The van der Waals surface area contributed by atoms with Gasteiger partial charge in [-0.3, -0.25) is 9.69 Å². The van der Waals surface area contributed by atoms with Gasteiger partial charge in [-0.25, -0.2) is 0 Å². The molecule has 0 radical (unpaired) electrons. The maximum absolute atomic E-state index is 12.0. The van der Waals surface area contributed by atoms with Crippen LogP contribution in [0, 0.1) is 6.92 Å². The number of ether oxygens (including phenoxy) is 1. The summed E-state index contributed by atoms with van der Waals surface area (Å²) in [7, 11) is 0. The second-order valence-electron chi connectivity index (χ2n) is 5.63. The average Bonchev–Trinajstić information content (AvgIpc) is 2.49. The topological polar surface area (TPSA) is 29.5 Å². The molecule has 1 heterocycles. The quantitative estimate of drug-likeness (QED) is 0.741. The number of rotatable bonds is 5. The van der Waals surface area contributed by atoms with Gasteiger partial charge < -0.3 is 4.74 Å². The molecule has 1 aromatic rings. The van der Waals surface area contributed by atoms with Gasteiger partial charge in [-0.2, -0.15) is 0 Å². The Bertz CT molecular complexity index is 484. The first-order chi connectivity index (χ1) is 10.1. The van der Waals surface area contributed by atoms with Crippen molar-refractivity contribution in [1.82, 2.24) is 4.90 Å². The minimum Gasteiger partial charge on any atom is -0.466 e. The lowest BCUT2D eigenvalue weighted by Crippen LogP contribution is -2.35. The summed E-state index contributed by atoms with van der Waals surface area (Å²) in [6.07, 6.45) is 4.17. The molecule has 1 aliphatic heterocycles. The minimum absolute atomic E-state index is 0.103. The third kappa shape index (κ3) is 4.55. The molecule has 1 unspecified atom stereocenters. The third-order valence-corrected chi connectivity index (χ3v) is 4.95. The summed E-state index contributed by atoms with van der Waals surface area (Å²) in [4.78, 5) is 14.4. The Hall–Kier alpha value is -0.870. The molecule has 1 saturated heterocycles. The predicted molar refractivity (Wildman–Crippen MR) is 88.3 cm³/mol. The number of piperidine rings is 1. The summed E-state index contributed by atoms with van der Waals surface area (Å²) in [5.74, 6) is -0.103. The van der Waals surface area contributed by atoms with E-state index in [2.05, 4.69) is 46.0 Å². The van der Waals surface area contributed by atoms with Crippen LogP contribution in [0.1, 0.15) is 49.8 Å². The van der Waals surface area contributed by atoms with Crippen LogP contribution in [-0.4, -0.2) is 30.6 Å². The molecule has 1 aromatic carbocycles. The lowest BCUT2D eigenvalue weighted by atomic mass is 9.97. The van der Waals surface area contributed by atoms with Gasteiger partial charge in [0.25, 0.3) is 0 Å². The molecular weight excluding hydrogens is 330 g/mol. The van der Waals surface area contributed by atoms with Crippen molar-refractivity contribution < 1.29 is 9.53 Å². The number of aryl methyl sites for hydroxylation is 1. The van der Waals surface area contributed by atoms with Crippen LogP contribution in [0.25, 0.3) is 0 Å². The fourth-order valence-corrected chi connectivity index (χ4v) is 3.19. The van der Waals surface area contributed by atoms with E-state index < -0.39 is 0 Å². The fourth-order valence-electron chi connectivity index (χ4n) is 2.94. The smallest absolute Gasteiger partial charge is 0.307 e. The van der Waals surface area contributed by atoms with E-state index in [1.54, 1.807) is 0 Å². The normalized spacial score (nSPS) is 17.5. The van der Waals surface area contributed by atoms with Crippen LogP contribution in [0.3, 0.4) is 0 Å². The molecule has 0 aromatic heterocycles. The summed E-state index contributed by atoms with van der Waals surface area (Å²) < 4.78 is 6.27. The zero-order valence-corrected chi connectivity index (χ0v) is 14.5. The molecule has 2 rings (SSSR count). The molecule has 1 aliphatic rings. The van der Waals surface area contributed by atoms with Gasteiger partial charge >= 0.3 is 5.97 Å². The molecule has 1 fully saturated rings. The SMILES string of the molecule is CCOC(=O)CC(c1ccc(Br)c(C)c1)N1CCCCC1. The zero-order valence-electron chi connectivity index (χ0n) is 12.9. The summed E-state index contributed by atoms with van der Waals surface area (Å²) in [5.41, 5.74) is 2.42. The number of carbonyl (C=O) groups excluding carboxylic acids is 1. The molecule has 21 heavy (non-hydrogen) atoms. The Morgan fingerprint density at radius 3 is 2.67 bits per heavy atom. The minimum atomic E-state index is -0.103. The molecular formula is C17H24BrNO2. The lowest BCUT2D eigenvalue weighted by Gasteiger charge is -2.34. The van der Waals surface area contributed by atoms with Gasteiger partial charge in [-0.1, -0.05) is 34.5 Å². The van der Waals surface area contributed by atoms with Crippen molar-refractivity contribution in [2.24, 2.45) is 0 Å². The lowest BCUT2D eigenvalue weighted by molar-refractivity contribution is -0.144. The average molecular weight is 354 g/mol. The monoisotopic (exact) mass is 353 g/mol. The van der Waals surface area contributed by atoms with E-state index in [0.717, 1.165) is 17.6 Å². The van der Waals surface area contributed by atoms with Crippen LogP contribution in [0.4, 0.5) is 0 Å². The van der Waals surface area contributed by atoms with Crippen LogP contribution in [0.15, 0.2) is 22.7 Å². The van der Waals surface area contributed by atoms with E-state index in [1.165, 1.54) is 30.4 Å². The highest BCUT2D eigenvalue weighted by Gasteiger charge is 2.25. The number of hydrogen-bond acceptors (Lipinski definition) is 3. The maximum atomic E-state index is 12.0. The van der Waals surface area contributed by atoms with Crippen LogP contribution in [-0.2, 0) is 9.53 Å². The first-order valence-electron chi connectivity index (χ1n) is 7.77. The van der Waals surface area contributed by atoms with Crippen LogP contribution in [0.5, 0.6) is 0 Å². The molecule has 116 valence electrons. The maximum Gasteiger partial charge on any atom is 0.307 e. The number of nitrogens with zero attached hydrogens (tertiary/aromatic N) is 1. The molecule has 0 bridgehead atoms. The van der Waals surface area contributed by atoms with Crippen LogP contribution in [0.2, 0.25) is 0 Å². The van der Waals surface area contributed by atoms with Gasteiger partial charge in [0.1, 0.15) is 0 Å². The molecule has 1 atom stereocenters. The highest BCUT2D eigenvalue weighted by atomic mass is 79.9.